The third-order valence-corrected chi connectivity index (χ3v) is 3.77. The number of amides is 1. The maximum atomic E-state index is 12.3. The average Bonchev–Trinajstić information content (AvgIpc) is 2.33. The summed E-state index contributed by atoms with van der Waals surface area (Å²) in [6, 6.07) is -0.0402. The molecule has 0 aromatic heterocycles. The topological polar surface area (TPSA) is 35.6 Å². The molecule has 0 saturated carbocycles. The minimum Gasteiger partial charge on any atom is -0.341 e. The second-order valence-corrected chi connectivity index (χ2v) is 5.93. The van der Waals surface area contributed by atoms with Crippen molar-refractivity contribution in [3.63, 3.8) is 0 Å². The number of nitrogens with zero attached hydrogens (tertiary/aromatic N) is 2. The molecule has 1 amide bonds. The van der Waals surface area contributed by atoms with Crippen LogP contribution in [0.4, 0.5) is 0 Å². The van der Waals surface area contributed by atoms with Gasteiger partial charge in [-0.05, 0) is 53.4 Å². The second-order valence-electron chi connectivity index (χ2n) is 5.93. The molecule has 1 rings (SSSR count). The van der Waals surface area contributed by atoms with Gasteiger partial charge in [-0.1, -0.05) is 19.3 Å². The van der Waals surface area contributed by atoms with Crippen LogP contribution in [0.1, 0.15) is 45.4 Å². The van der Waals surface area contributed by atoms with Crippen molar-refractivity contribution < 1.29 is 4.79 Å². The van der Waals surface area contributed by atoms with Crippen LogP contribution in [0, 0.1) is 0 Å². The van der Waals surface area contributed by atoms with E-state index in [-0.39, 0.29) is 11.9 Å². The maximum absolute atomic E-state index is 12.3. The summed E-state index contributed by atoms with van der Waals surface area (Å²) in [6.07, 6.45) is 7.30. The van der Waals surface area contributed by atoms with E-state index in [2.05, 4.69) is 29.2 Å². The zero-order valence-corrected chi connectivity index (χ0v) is 13.0. The van der Waals surface area contributed by atoms with Crippen molar-refractivity contribution >= 4 is 5.91 Å². The van der Waals surface area contributed by atoms with Crippen LogP contribution in [0.5, 0.6) is 0 Å². The predicted octanol–water partition coefficient (Wildman–Crippen LogP) is 1.71. The monoisotopic (exact) mass is 269 g/mol. The van der Waals surface area contributed by atoms with Crippen LogP contribution in [0.15, 0.2) is 0 Å². The molecule has 0 bridgehead atoms. The molecular weight excluding hydrogens is 238 g/mol. The van der Waals surface area contributed by atoms with E-state index in [4.69, 9.17) is 0 Å². The van der Waals surface area contributed by atoms with E-state index in [0.29, 0.717) is 0 Å². The summed E-state index contributed by atoms with van der Waals surface area (Å²) in [6.45, 7) is 5.87. The van der Waals surface area contributed by atoms with Gasteiger partial charge >= 0.3 is 0 Å². The van der Waals surface area contributed by atoms with Gasteiger partial charge in [0.1, 0.15) is 0 Å². The zero-order valence-electron chi connectivity index (χ0n) is 13.0. The summed E-state index contributed by atoms with van der Waals surface area (Å²) in [5.74, 6) is 0.284. The first-order valence-electron chi connectivity index (χ1n) is 7.78. The Labute approximate surface area is 118 Å². The van der Waals surface area contributed by atoms with E-state index in [1.54, 1.807) is 0 Å². The molecule has 112 valence electrons. The Morgan fingerprint density at radius 2 is 1.74 bits per heavy atom. The minimum atomic E-state index is -0.0402. The number of hydrogen-bond acceptors (Lipinski definition) is 3. The number of hydrogen-bond donors (Lipinski definition) is 1. The summed E-state index contributed by atoms with van der Waals surface area (Å²) in [5, 5.41) is 3.35. The lowest BCUT2D eigenvalue weighted by atomic mass is 10.1. The Hall–Kier alpha value is -0.610. The van der Waals surface area contributed by atoms with E-state index in [1.807, 2.05) is 6.92 Å². The highest BCUT2D eigenvalue weighted by Crippen LogP contribution is 2.11. The first-order valence-corrected chi connectivity index (χ1v) is 7.78. The van der Waals surface area contributed by atoms with Crippen molar-refractivity contribution in [3.8, 4) is 0 Å². The lowest BCUT2D eigenvalue weighted by Gasteiger charge is -2.28. The van der Waals surface area contributed by atoms with Crippen LogP contribution < -0.4 is 5.32 Å². The number of carbonyl (C=O) groups is 1. The minimum absolute atomic E-state index is 0.0402. The molecule has 1 atom stereocenters. The molecule has 4 nitrogen and oxygen atoms in total. The summed E-state index contributed by atoms with van der Waals surface area (Å²) in [7, 11) is 4.16. The maximum Gasteiger partial charge on any atom is 0.239 e. The Balaban J connectivity index is 2.25. The van der Waals surface area contributed by atoms with E-state index in [1.165, 1.54) is 32.1 Å². The fraction of sp³-hybridized carbons (Fsp3) is 0.933. The number of nitrogens with one attached hydrogen (secondary N) is 1. The van der Waals surface area contributed by atoms with Crippen LogP contribution in [0.2, 0.25) is 0 Å². The van der Waals surface area contributed by atoms with Crippen molar-refractivity contribution in [2.24, 2.45) is 0 Å². The smallest absolute Gasteiger partial charge is 0.239 e. The molecule has 4 heteroatoms. The molecule has 1 aliphatic rings. The Morgan fingerprint density at radius 1 is 1.16 bits per heavy atom. The first-order chi connectivity index (χ1) is 9.11. The zero-order chi connectivity index (χ0) is 14.1. The Morgan fingerprint density at radius 3 is 2.32 bits per heavy atom. The highest BCUT2D eigenvalue weighted by atomic mass is 16.2. The van der Waals surface area contributed by atoms with Gasteiger partial charge in [0.15, 0.2) is 0 Å². The van der Waals surface area contributed by atoms with Crippen LogP contribution in [-0.4, -0.2) is 62.0 Å². The molecule has 0 aliphatic carbocycles. The van der Waals surface area contributed by atoms with Gasteiger partial charge in [-0.25, -0.2) is 0 Å². The van der Waals surface area contributed by atoms with Crippen LogP contribution in [0.25, 0.3) is 0 Å². The van der Waals surface area contributed by atoms with Crippen molar-refractivity contribution in [1.82, 2.24) is 15.1 Å². The third-order valence-electron chi connectivity index (χ3n) is 3.77. The van der Waals surface area contributed by atoms with Gasteiger partial charge < -0.3 is 15.1 Å². The van der Waals surface area contributed by atoms with Gasteiger partial charge in [0.2, 0.25) is 5.91 Å². The SMILES string of the molecule is C[C@@H](NCCCN(C)C)C(=O)N1CCCCCCC1. The molecular formula is C15H31N3O. The molecule has 0 aromatic carbocycles. The molecule has 1 saturated heterocycles. The van der Waals surface area contributed by atoms with Gasteiger partial charge in [0, 0.05) is 13.1 Å². The molecule has 1 heterocycles. The summed E-state index contributed by atoms with van der Waals surface area (Å²) in [4.78, 5) is 16.6. The molecule has 1 N–H and O–H groups in total. The quantitative estimate of drug-likeness (QED) is 0.746. The van der Waals surface area contributed by atoms with Crippen LogP contribution in [-0.2, 0) is 4.79 Å². The van der Waals surface area contributed by atoms with Crippen molar-refractivity contribution in [2.75, 3.05) is 40.3 Å². The van der Waals surface area contributed by atoms with Crippen molar-refractivity contribution in [3.05, 3.63) is 0 Å². The van der Waals surface area contributed by atoms with Gasteiger partial charge in [-0.3, -0.25) is 4.79 Å². The van der Waals surface area contributed by atoms with Gasteiger partial charge in [-0.15, -0.1) is 0 Å². The van der Waals surface area contributed by atoms with E-state index in [9.17, 15) is 4.79 Å². The normalized spacial score (nSPS) is 19.1. The van der Waals surface area contributed by atoms with E-state index < -0.39 is 0 Å². The fourth-order valence-electron chi connectivity index (χ4n) is 2.54. The van der Waals surface area contributed by atoms with Crippen LogP contribution >= 0.6 is 0 Å². The molecule has 0 aromatic rings. The number of carbonyl (C=O) groups excluding carboxylic acids is 1. The molecule has 1 fully saturated rings. The summed E-state index contributed by atoms with van der Waals surface area (Å²) < 4.78 is 0. The van der Waals surface area contributed by atoms with E-state index in [0.717, 1.165) is 32.6 Å². The van der Waals surface area contributed by atoms with Crippen molar-refractivity contribution in [1.29, 1.82) is 0 Å². The van der Waals surface area contributed by atoms with Crippen molar-refractivity contribution in [2.45, 2.75) is 51.5 Å². The summed E-state index contributed by atoms with van der Waals surface area (Å²) in [5.41, 5.74) is 0. The van der Waals surface area contributed by atoms with Gasteiger partial charge in [0.05, 0.1) is 6.04 Å². The molecule has 1 aliphatic heterocycles. The summed E-state index contributed by atoms with van der Waals surface area (Å²) >= 11 is 0. The van der Waals surface area contributed by atoms with Gasteiger partial charge in [0.25, 0.3) is 0 Å². The number of rotatable bonds is 6. The predicted molar refractivity (Wildman–Crippen MR) is 80.3 cm³/mol. The molecule has 0 unspecified atom stereocenters. The van der Waals surface area contributed by atoms with Crippen LogP contribution in [0.3, 0.4) is 0 Å². The highest BCUT2D eigenvalue weighted by Gasteiger charge is 2.20. The Kier molecular flexibility index (Phi) is 8.07. The molecule has 0 radical (unpaired) electrons. The lowest BCUT2D eigenvalue weighted by Crippen LogP contribution is -2.46. The van der Waals surface area contributed by atoms with E-state index >= 15 is 0 Å². The molecule has 0 spiro atoms. The lowest BCUT2D eigenvalue weighted by molar-refractivity contribution is -0.133. The fourth-order valence-corrected chi connectivity index (χ4v) is 2.54. The second kappa shape index (κ2) is 9.32. The highest BCUT2D eigenvalue weighted by molar-refractivity contribution is 5.81. The number of likely N-dealkylation sites (tertiary alicyclic amines) is 1. The van der Waals surface area contributed by atoms with Gasteiger partial charge in [-0.2, -0.15) is 0 Å². The Bertz CT molecular complexity index is 248. The largest absolute Gasteiger partial charge is 0.341 e. The third kappa shape index (κ3) is 6.92. The molecule has 19 heavy (non-hydrogen) atoms. The first kappa shape index (κ1) is 16.4. The standard InChI is InChI=1S/C15H31N3O/c1-14(16-10-9-11-17(2)3)15(19)18-12-7-5-4-6-8-13-18/h14,16H,4-13H2,1-3H3/t14-/m1/s1. The average molecular weight is 269 g/mol.